The number of carbonyl (C=O) groups excluding carboxylic acids is 3. The highest BCUT2D eigenvalue weighted by atomic mass is 79.9. The average molecular weight is 389 g/mol. The third-order valence-corrected chi connectivity index (χ3v) is 3.84. The first kappa shape index (κ1) is 18.4. The molecule has 1 rings (SSSR count). The monoisotopic (exact) mass is 388 g/mol. The van der Waals surface area contributed by atoms with Crippen LogP contribution in [0, 0.1) is 5.92 Å². The molecule has 2 N–H and O–H groups in total. The number of carbonyl (C=O) groups is 3. The second kappa shape index (κ2) is 9.37. The van der Waals surface area contributed by atoms with Crippen LogP contribution in [0.15, 0.2) is 22.0 Å². The van der Waals surface area contributed by atoms with Gasteiger partial charge in [-0.2, -0.15) is 0 Å². The summed E-state index contributed by atoms with van der Waals surface area (Å²) < 4.78 is 5.69. The summed E-state index contributed by atoms with van der Waals surface area (Å²) in [5.74, 6) is -1.05. The number of hydrogen-bond acceptors (Lipinski definition) is 5. The van der Waals surface area contributed by atoms with Crippen molar-refractivity contribution in [2.75, 3.05) is 13.2 Å². The van der Waals surface area contributed by atoms with Crippen LogP contribution in [0.5, 0.6) is 0 Å². The van der Waals surface area contributed by atoms with Crippen molar-refractivity contribution in [3.8, 4) is 0 Å². The molecule has 120 valence electrons. The average Bonchev–Trinajstić information content (AvgIpc) is 2.86. The van der Waals surface area contributed by atoms with Gasteiger partial charge >= 0.3 is 12.0 Å². The molecule has 0 aliphatic heterocycles. The molecule has 0 aliphatic rings. The summed E-state index contributed by atoms with van der Waals surface area (Å²) in [7, 11) is 0. The Bertz CT molecular complexity index is 569. The lowest BCUT2D eigenvalue weighted by Gasteiger charge is -2.08. The number of hydrogen-bond donors (Lipinski definition) is 2. The van der Waals surface area contributed by atoms with E-state index >= 15 is 0 Å². The highest BCUT2D eigenvalue weighted by Gasteiger charge is 2.09. The van der Waals surface area contributed by atoms with Gasteiger partial charge in [0.25, 0.3) is 5.91 Å². The predicted molar refractivity (Wildman–Crippen MR) is 88.4 cm³/mol. The Morgan fingerprint density at radius 3 is 2.68 bits per heavy atom. The largest absolute Gasteiger partial charge is 0.452 e. The van der Waals surface area contributed by atoms with Crippen LogP contribution in [-0.4, -0.2) is 31.1 Å². The topological polar surface area (TPSA) is 84.5 Å². The fraction of sp³-hybridized carbons (Fsp3) is 0.357. The highest BCUT2D eigenvalue weighted by molar-refractivity contribution is 9.11. The van der Waals surface area contributed by atoms with Gasteiger partial charge in [-0.15, -0.1) is 11.3 Å². The molecule has 0 aromatic carbocycles. The second-order valence-electron chi connectivity index (χ2n) is 4.73. The number of nitrogens with one attached hydrogen (secondary N) is 2. The zero-order valence-corrected chi connectivity index (χ0v) is 14.6. The van der Waals surface area contributed by atoms with E-state index in [0.717, 1.165) is 8.66 Å². The Kier molecular flexibility index (Phi) is 7.83. The number of halogens is 1. The van der Waals surface area contributed by atoms with Crippen LogP contribution in [-0.2, 0) is 14.3 Å². The molecule has 0 atom stereocenters. The highest BCUT2D eigenvalue weighted by Crippen LogP contribution is 2.22. The van der Waals surface area contributed by atoms with Crippen LogP contribution in [0.3, 0.4) is 0 Å². The molecular formula is C14H17BrN2O4S. The van der Waals surface area contributed by atoms with Crippen LogP contribution in [0.25, 0.3) is 6.08 Å². The maximum absolute atomic E-state index is 11.4. The van der Waals surface area contributed by atoms with E-state index in [2.05, 4.69) is 26.6 Å². The van der Waals surface area contributed by atoms with Crippen LogP contribution in [0.4, 0.5) is 4.79 Å². The molecule has 6 nitrogen and oxygen atoms in total. The summed E-state index contributed by atoms with van der Waals surface area (Å²) >= 11 is 4.77. The quantitative estimate of drug-likeness (QED) is 0.579. The Labute approximate surface area is 141 Å². The maximum atomic E-state index is 11.4. The van der Waals surface area contributed by atoms with E-state index in [0.29, 0.717) is 6.54 Å². The lowest BCUT2D eigenvalue weighted by molar-refractivity contribution is -0.143. The lowest BCUT2D eigenvalue weighted by atomic mass is 10.2. The number of thiophene rings is 1. The molecule has 0 radical (unpaired) electrons. The second-order valence-corrected chi connectivity index (χ2v) is 7.23. The number of urea groups is 1. The zero-order chi connectivity index (χ0) is 16.5. The number of amides is 3. The molecule has 8 heteroatoms. The van der Waals surface area contributed by atoms with E-state index < -0.39 is 24.5 Å². The van der Waals surface area contributed by atoms with Crippen molar-refractivity contribution < 1.29 is 19.1 Å². The van der Waals surface area contributed by atoms with Crippen LogP contribution < -0.4 is 10.6 Å². The Balaban J connectivity index is 2.27. The first-order chi connectivity index (χ1) is 10.4. The zero-order valence-electron chi connectivity index (χ0n) is 12.2. The summed E-state index contributed by atoms with van der Waals surface area (Å²) in [5.41, 5.74) is 0. The van der Waals surface area contributed by atoms with Gasteiger partial charge in [0.05, 0.1) is 3.79 Å². The minimum Gasteiger partial charge on any atom is -0.452 e. The Hall–Kier alpha value is -1.67. The summed E-state index contributed by atoms with van der Waals surface area (Å²) in [5, 5.41) is 4.59. The molecule has 0 fully saturated rings. The third-order valence-electron chi connectivity index (χ3n) is 2.25. The van der Waals surface area contributed by atoms with E-state index in [4.69, 9.17) is 4.74 Å². The number of ether oxygens (including phenoxy) is 1. The number of imide groups is 1. The summed E-state index contributed by atoms with van der Waals surface area (Å²) in [6.07, 6.45) is 2.81. The normalized spacial score (nSPS) is 10.7. The molecule has 0 saturated carbocycles. The van der Waals surface area contributed by atoms with Crippen molar-refractivity contribution in [1.82, 2.24) is 10.6 Å². The lowest BCUT2D eigenvalue weighted by Crippen LogP contribution is -2.42. The van der Waals surface area contributed by atoms with E-state index in [-0.39, 0.29) is 5.92 Å². The van der Waals surface area contributed by atoms with Gasteiger partial charge in [-0.1, -0.05) is 13.8 Å². The van der Waals surface area contributed by atoms with Gasteiger partial charge in [0.15, 0.2) is 6.61 Å². The summed E-state index contributed by atoms with van der Waals surface area (Å²) in [6, 6.07) is 3.09. The molecule has 0 aliphatic carbocycles. The Morgan fingerprint density at radius 1 is 1.36 bits per heavy atom. The molecule has 0 saturated heterocycles. The van der Waals surface area contributed by atoms with E-state index in [1.807, 2.05) is 26.0 Å². The van der Waals surface area contributed by atoms with Crippen LogP contribution in [0.2, 0.25) is 0 Å². The maximum Gasteiger partial charge on any atom is 0.331 e. The third kappa shape index (κ3) is 7.94. The molecule has 0 spiro atoms. The van der Waals surface area contributed by atoms with Crippen molar-refractivity contribution in [3.63, 3.8) is 0 Å². The van der Waals surface area contributed by atoms with Gasteiger partial charge in [-0.25, -0.2) is 9.59 Å². The molecule has 1 aromatic heterocycles. The van der Waals surface area contributed by atoms with Crippen molar-refractivity contribution in [1.29, 1.82) is 0 Å². The fourth-order valence-electron chi connectivity index (χ4n) is 1.26. The van der Waals surface area contributed by atoms with Crippen molar-refractivity contribution in [2.45, 2.75) is 13.8 Å². The van der Waals surface area contributed by atoms with E-state index in [1.54, 1.807) is 6.08 Å². The molecule has 0 bridgehead atoms. The van der Waals surface area contributed by atoms with Crippen molar-refractivity contribution in [2.24, 2.45) is 5.92 Å². The van der Waals surface area contributed by atoms with E-state index in [1.165, 1.54) is 17.4 Å². The smallest absolute Gasteiger partial charge is 0.331 e. The predicted octanol–water partition coefficient (Wildman–Crippen LogP) is 2.55. The molecular weight excluding hydrogens is 372 g/mol. The first-order valence-corrected chi connectivity index (χ1v) is 8.15. The van der Waals surface area contributed by atoms with Crippen LogP contribution >= 0.6 is 27.3 Å². The first-order valence-electron chi connectivity index (χ1n) is 6.54. The minimum absolute atomic E-state index is 0.279. The van der Waals surface area contributed by atoms with Gasteiger partial charge in [0.1, 0.15) is 0 Å². The fourth-order valence-corrected chi connectivity index (χ4v) is 2.58. The minimum atomic E-state index is -0.679. The van der Waals surface area contributed by atoms with Gasteiger partial charge < -0.3 is 10.1 Å². The van der Waals surface area contributed by atoms with Gasteiger partial charge in [-0.05, 0) is 40.1 Å². The number of esters is 1. The van der Waals surface area contributed by atoms with Gasteiger partial charge in [0.2, 0.25) is 0 Å². The van der Waals surface area contributed by atoms with Crippen molar-refractivity contribution in [3.05, 3.63) is 26.9 Å². The Morgan fingerprint density at radius 2 is 2.09 bits per heavy atom. The molecule has 3 amide bonds. The standard InChI is InChI=1S/C14H17BrN2O4S/c1-9(2)7-16-14(20)17-12(18)8-21-13(19)6-4-10-3-5-11(15)22-10/h3-6,9H,7-8H2,1-2H3,(H2,16,17,18,20)/b6-4+. The summed E-state index contributed by atoms with van der Waals surface area (Å²) in [4.78, 5) is 35.0. The van der Waals surface area contributed by atoms with Crippen LogP contribution in [0.1, 0.15) is 18.7 Å². The number of rotatable bonds is 6. The molecule has 1 aromatic rings. The SMILES string of the molecule is CC(C)CNC(=O)NC(=O)COC(=O)/C=C/c1ccc(Br)s1. The molecule has 0 unspecified atom stereocenters. The van der Waals surface area contributed by atoms with Gasteiger partial charge in [-0.3, -0.25) is 10.1 Å². The van der Waals surface area contributed by atoms with E-state index in [9.17, 15) is 14.4 Å². The summed E-state index contributed by atoms with van der Waals surface area (Å²) in [6.45, 7) is 3.81. The van der Waals surface area contributed by atoms with Crippen molar-refractivity contribution >= 4 is 51.3 Å². The molecule has 22 heavy (non-hydrogen) atoms. The molecule has 1 heterocycles. The van der Waals surface area contributed by atoms with Gasteiger partial charge in [0, 0.05) is 17.5 Å².